The van der Waals surface area contributed by atoms with Crippen molar-refractivity contribution in [1.82, 2.24) is 15.2 Å². The van der Waals surface area contributed by atoms with E-state index in [0.717, 1.165) is 22.0 Å². The zero-order valence-corrected chi connectivity index (χ0v) is 13.9. The Balaban J connectivity index is 1.50. The van der Waals surface area contributed by atoms with Crippen LogP contribution in [0.25, 0.3) is 22.5 Å². The lowest BCUT2D eigenvalue weighted by Gasteiger charge is -2.03. The van der Waals surface area contributed by atoms with Crippen molar-refractivity contribution >= 4 is 22.3 Å². The van der Waals surface area contributed by atoms with Crippen molar-refractivity contribution in [1.29, 1.82) is 0 Å². The third kappa shape index (κ3) is 3.54. The maximum absolute atomic E-state index is 13.0. The molecule has 1 N–H and O–H groups in total. The Hall–Kier alpha value is -3.12. The predicted molar refractivity (Wildman–Crippen MR) is 98.3 cm³/mol. The van der Waals surface area contributed by atoms with Crippen LogP contribution in [-0.4, -0.2) is 15.2 Å². The summed E-state index contributed by atoms with van der Waals surface area (Å²) in [6, 6.07) is 19.8. The number of aromatic nitrogens is 3. The summed E-state index contributed by atoms with van der Waals surface area (Å²) in [5.74, 6) is 0.341. The smallest absolute Gasteiger partial charge is 0.188 e. The van der Waals surface area contributed by atoms with Gasteiger partial charge in [0.1, 0.15) is 5.82 Å². The molecule has 0 atom stereocenters. The average molecular weight is 348 g/mol. The van der Waals surface area contributed by atoms with Gasteiger partial charge in [-0.25, -0.2) is 9.37 Å². The fourth-order valence-electron chi connectivity index (χ4n) is 2.36. The topological polar surface area (TPSA) is 50.7 Å². The number of hydrogen-bond donors (Lipinski definition) is 1. The van der Waals surface area contributed by atoms with Gasteiger partial charge in [-0.15, -0.1) is 21.5 Å². The van der Waals surface area contributed by atoms with E-state index in [2.05, 4.69) is 20.5 Å². The van der Waals surface area contributed by atoms with E-state index in [9.17, 15) is 4.39 Å². The summed E-state index contributed by atoms with van der Waals surface area (Å²) in [6.07, 6.45) is 0. The number of rotatable bonds is 4. The highest BCUT2D eigenvalue weighted by atomic mass is 32.1. The lowest BCUT2D eigenvalue weighted by atomic mass is 10.1. The molecule has 0 aliphatic rings. The molecule has 0 fully saturated rings. The zero-order chi connectivity index (χ0) is 17.1. The molecular formula is C19H13FN4S. The number of anilines is 2. The van der Waals surface area contributed by atoms with Crippen LogP contribution in [0.4, 0.5) is 15.3 Å². The van der Waals surface area contributed by atoms with Crippen LogP contribution in [0.2, 0.25) is 0 Å². The third-order valence-corrected chi connectivity index (χ3v) is 4.37. The van der Waals surface area contributed by atoms with Gasteiger partial charge in [0.15, 0.2) is 10.9 Å². The molecule has 25 heavy (non-hydrogen) atoms. The molecule has 2 heterocycles. The van der Waals surface area contributed by atoms with Gasteiger partial charge in [0.25, 0.3) is 0 Å². The van der Waals surface area contributed by atoms with Crippen LogP contribution in [0.1, 0.15) is 0 Å². The highest BCUT2D eigenvalue weighted by Crippen LogP contribution is 2.26. The highest BCUT2D eigenvalue weighted by molar-refractivity contribution is 7.14. The first kappa shape index (κ1) is 15.4. The Kier molecular flexibility index (Phi) is 4.18. The molecule has 0 aliphatic heterocycles. The Morgan fingerprint density at radius 1 is 0.760 bits per heavy atom. The van der Waals surface area contributed by atoms with Crippen LogP contribution < -0.4 is 5.32 Å². The van der Waals surface area contributed by atoms with Gasteiger partial charge in [-0.1, -0.05) is 30.3 Å². The molecule has 2 aromatic heterocycles. The predicted octanol–water partition coefficient (Wildman–Crippen LogP) is 5.15. The minimum atomic E-state index is -0.270. The minimum Gasteiger partial charge on any atom is -0.315 e. The highest BCUT2D eigenvalue weighted by Gasteiger charge is 2.06. The summed E-state index contributed by atoms with van der Waals surface area (Å²) < 4.78 is 13.0. The fourth-order valence-corrected chi connectivity index (χ4v) is 3.08. The molecule has 0 aliphatic carbocycles. The van der Waals surface area contributed by atoms with E-state index in [4.69, 9.17) is 0 Å². The SMILES string of the molecule is Fc1ccc(-c2ccc(Nc3nc(-c4ccccc4)cs3)nn2)cc1. The molecule has 0 radical (unpaired) electrons. The molecule has 0 bridgehead atoms. The normalized spacial score (nSPS) is 10.6. The van der Waals surface area contributed by atoms with Crippen LogP contribution >= 0.6 is 11.3 Å². The van der Waals surface area contributed by atoms with E-state index >= 15 is 0 Å². The van der Waals surface area contributed by atoms with E-state index in [0.29, 0.717) is 11.5 Å². The molecule has 4 nitrogen and oxygen atoms in total. The van der Waals surface area contributed by atoms with Gasteiger partial charge in [0.05, 0.1) is 11.4 Å². The molecule has 0 saturated carbocycles. The molecule has 2 aromatic carbocycles. The van der Waals surface area contributed by atoms with Crippen LogP contribution in [0.3, 0.4) is 0 Å². The molecule has 0 saturated heterocycles. The summed E-state index contributed by atoms with van der Waals surface area (Å²) in [5.41, 5.74) is 3.50. The molecule has 122 valence electrons. The van der Waals surface area contributed by atoms with Gasteiger partial charge >= 0.3 is 0 Å². The lowest BCUT2D eigenvalue weighted by Crippen LogP contribution is -1.96. The van der Waals surface area contributed by atoms with E-state index in [-0.39, 0.29) is 5.82 Å². The van der Waals surface area contributed by atoms with E-state index < -0.39 is 0 Å². The Labute approximate surface area is 148 Å². The van der Waals surface area contributed by atoms with E-state index in [1.54, 1.807) is 12.1 Å². The van der Waals surface area contributed by atoms with Crippen molar-refractivity contribution in [2.75, 3.05) is 5.32 Å². The summed E-state index contributed by atoms with van der Waals surface area (Å²) in [4.78, 5) is 4.56. The van der Waals surface area contributed by atoms with E-state index in [1.807, 2.05) is 47.8 Å². The molecule has 0 amide bonds. The first-order valence-electron chi connectivity index (χ1n) is 7.65. The Bertz CT molecular complexity index is 967. The maximum atomic E-state index is 13.0. The fraction of sp³-hybridized carbons (Fsp3) is 0. The number of hydrogen-bond acceptors (Lipinski definition) is 5. The number of nitrogens with zero attached hydrogens (tertiary/aromatic N) is 3. The molecule has 4 rings (SSSR count). The number of nitrogens with one attached hydrogen (secondary N) is 1. The Morgan fingerprint density at radius 3 is 2.24 bits per heavy atom. The van der Waals surface area contributed by atoms with Crippen LogP contribution in [0, 0.1) is 5.82 Å². The summed E-state index contributed by atoms with van der Waals surface area (Å²) in [6.45, 7) is 0. The first-order chi connectivity index (χ1) is 12.3. The zero-order valence-electron chi connectivity index (χ0n) is 13.1. The van der Waals surface area contributed by atoms with Gasteiger partial charge in [0, 0.05) is 16.5 Å². The van der Waals surface area contributed by atoms with Gasteiger partial charge in [-0.2, -0.15) is 0 Å². The molecule has 0 spiro atoms. The van der Waals surface area contributed by atoms with Gasteiger partial charge in [0.2, 0.25) is 0 Å². The first-order valence-corrected chi connectivity index (χ1v) is 8.53. The largest absolute Gasteiger partial charge is 0.315 e. The molecular weight excluding hydrogens is 335 g/mol. The van der Waals surface area contributed by atoms with Crippen molar-refractivity contribution in [3.05, 3.63) is 77.9 Å². The van der Waals surface area contributed by atoms with Gasteiger partial charge in [-0.3, -0.25) is 0 Å². The van der Waals surface area contributed by atoms with Crippen LogP contribution in [0.15, 0.2) is 72.1 Å². The van der Waals surface area contributed by atoms with Crippen molar-refractivity contribution in [2.45, 2.75) is 0 Å². The molecule has 4 aromatic rings. The summed E-state index contributed by atoms with van der Waals surface area (Å²) >= 11 is 1.51. The summed E-state index contributed by atoms with van der Waals surface area (Å²) in [7, 11) is 0. The monoisotopic (exact) mass is 348 g/mol. The van der Waals surface area contributed by atoms with E-state index in [1.165, 1.54) is 23.5 Å². The molecule has 0 unspecified atom stereocenters. The second-order valence-corrected chi connectivity index (χ2v) is 6.20. The van der Waals surface area contributed by atoms with Crippen LogP contribution in [0.5, 0.6) is 0 Å². The number of benzene rings is 2. The standard InChI is InChI=1S/C19H13FN4S/c20-15-8-6-14(7-9-15)16-10-11-18(24-23-16)22-19-21-17(12-25-19)13-4-2-1-3-5-13/h1-12H,(H,21,22,24). The lowest BCUT2D eigenvalue weighted by molar-refractivity contribution is 0.628. The second-order valence-electron chi connectivity index (χ2n) is 5.34. The van der Waals surface area contributed by atoms with Crippen LogP contribution in [-0.2, 0) is 0 Å². The van der Waals surface area contributed by atoms with Crippen molar-refractivity contribution in [2.24, 2.45) is 0 Å². The quantitative estimate of drug-likeness (QED) is 0.554. The van der Waals surface area contributed by atoms with Crippen molar-refractivity contribution in [3.8, 4) is 22.5 Å². The minimum absolute atomic E-state index is 0.270. The third-order valence-electron chi connectivity index (χ3n) is 3.61. The summed E-state index contributed by atoms with van der Waals surface area (Å²) in [5, 5.41) is 14.3. The van der Waals surface area contributed by atoms with Crippen molar-refractivity contribution < 1.29 is 4.39 Å². The number of halogens is 1. The second kappa shape index (κ2) is 6.78. The maximum Gasteiger partial charge on any atom is 0.188 e. The Morgan fingerprint density at radius 2 is 1.52 bits per heavy atom. The average Bonchev–Trinajstić information content (AvgIpc) is 3.12. The molecule has 6 heteroatoms. The van der Waals surface area contributed by atoms with Gasteiger partial charge < -0.3 is 5.32 Å². The number of thiazole rings is 1. The van der Waals surface area contributed by atoms with Crippen molar-refractivity contribution in [3.63, 3.8) is 0 Å². The van der Waals surface area contributed by atoms with Gasteiger partial charge in [-0.05, 0) is 36.4 Å².